The van der Waals surface area contributed by atoms with Gasteiger partial charge in [0.15, 0.2) is 0 Å². The van der Waals surface area contributed by atoms with Crippen molar-refractivity contribution in [1.29, 1.82) is 0 Å². The van der Waals surface area contributed by atoms with Gasteiger partial charge in [0.1, 0.15) is 18.1 Å². The molecule has 5 rings (SSSR count). The number of hydrogen-bond donors (Lipinski definition) is 1. The van der Waals surface area contributed by atoms with E-state index in [2.05, 4.69) is 17.4 Å². The van der Waals surface area contributed by atoms with Gasteiger partial charge in [-0.3, -0.25) is 4.79 Å². The summed E-state index contributed by atoms with van der Waals surface area (Å²) in [4.78, 5) is 13.1. The topological polar surface area (TPSA) is 47.6 Å². The summed E-state index contributed by atoms with van der Waals surface area (Å²) in [6, 6.07) is 37.6. The predicted molar refractivity (Wildman–Crippen MR) is 146 cm³/mol. The van der Waals surface area contributed by atoms with Crippen LogP contribution in [0.4, 0.5) is 5.69 Å². The van der Waals surface area contributed by atoms with Gasteiger partial charge in [-0.15, -0.1) is 0 Å². The van der Waals surface area contributed by atoms with Crippen molar-refractivity contribution in [3.05, 3.63) is 126 Å². The molecule has 36 heavy (non-hydrogen) atoms. The van der Waals surface area contributed by atoms with Crippen molar-refractivity contribution < 1.29 is 14.3 Å². The van der Waals surface area contributed by atoms with E-state index >= 15 is 0 Å². The van der Waals surface area contributed by atoms with E-state index in [-0.39, 0.29) is 12.5 Å². The monoisotopic (exact) mass is 473 g/mol. The van der Waals surface area contributed by atoms with Gasteiger partial charge in [-0.05, 0) is 59.8 Å². The van der Waals surface area contributed by atoms with E-state index in [1.54, 1.807) is 6.07 Å². The highest BCUT2D eigenvalue weighted by atomic mass is 16.5. The molecular formula is C32H27NO3. The molecule has 0 aliphatic carbocycles. The van der Waals surface area contributed by atoms with Crippen molar-refractivity contribution in [1.82, 2.24) is 0 Å². The standard InChI is InChI=1S/C32H27NO3/c1-2-35-31-20-17-26(32(34)33-30-14-8-12-25-11-6-7-13-29(25)30)21-27(31)22-36-28-18-15-24(16-19-28)23-9-4-3-5-10-23/h3-21H,2,22H2,1H3,(H,33,34). The summed E-state index contributed by atoms with van der Waals surface area (Å²) in [7, 11) is 0. The van der Waals surface area contributed by atoms with Crippen LogP contribution in [0.2, 0.25) is 0 Å². The first kappa shape index (κ1) is 23.2. The summed E-state index contributed by atoms with van der Waals surface area (Å²) in [6.07, 6.45) is 0. The molecule has 0 bridgehead atoms. The van der Waals surface area contributed by atoms with Gasteiger partial charge in [0.05, 0.1) is 6.61 Å². The van der Waals surface area contributed by atoms with Crippen LogP contribution in [0.1, 0.15) is 22.8 Å². The maximum absolute atomic E-state index is 13.1. The molecule has 178 valence electrons. The molecular weight excluding hydrogens is 446 g/mol. The molecule has 1 N–H and O–H groups in total. The minimum absolute atomic E-state index is 0.178. The molecule has 1 amide bonds. The molecule has 0 heterocycles. The molecule has 4 nitrogen and oxygen atoms in total. The van der Waals surface area contributed by atoms with E-state index in [9.17, 15) is 4.79 Å². The fourth-order valence-corrected chi connectivity index (χ4v) is 4.19. The number of anilines is 1. The highest BCUT2D eigenvalue weighted by Crippen LogP contribution is 2.27. The number of nitrogens with one attached hydrogen (secondary N) is 1. The zero-order valence-corrected chi connectivity index (χ0v) is 20.1. The largest absolute Gasteiger partial charge is 0.493 e. The number of amides is 1. The summed E-state index contributed by atoms with van der Waals surface area (Å²) >= 11 is 0. The number of benzene rings is 5. The summed E-state index contributed by atoms with van der Waals surface area (Å²) < 4.78 is 11.9. The Labute approximate surface area is 211 Å². The van der Waals surface area contributed by atoms with Crippen molar-refractivity contribution >= 4 is 22.4 Å². The fraction of sp³-hybridized carbons (Fsp3) is 0.0938. The van der Waals surface area contributed by atoms with Crippen LogP contribution in [0.5, 0.6) is 11.5 Å². The van der Waals surface area contributed by atoms with Crippen molar-refractivity contribution in [2.24, 2.45) is 0 Å². The van der Waals surface area contributed by atoms with Gasteiger partial charge in [0.2, 0.25) is 0 Å². The Morgan fingerprint density at radius 2 is 1.44 bits per heavy atom. The molecule has 4 heteroatoms. The van der Waals surface area contributed by atoms with Crippen LogP contribution in [-0.2, 0) is 6.61 Å². The van der Waals surface area contributed by atoms with E-state index in [1.165, 1.54) is 0 Å². The smallest absolute Gasteiger partial charge is 0.255 e. The van der Waals surface area contributed by atoms with E-state index in [4.69, 9.17) is 9.47 Å². The quantitative estimate of drug-likeness (QED) is 0.251. The van der Waals surface area contributed by atoms with E-state index in [0.717, 1.165) is 38.9 Å². The van der Waals surface area contributed by atoms with Crippen LogP contribution in [0.25, 0.3) is 21.9 Å². The third-order valence-corrected chi connectivity index (χ3v) is 6.02. The Hall–Kier alpha value is -4.57. The minimum atomic E-state index is -0.178. The van der Waals surface area contributed by atoms with Crippen LogP contribution >= 0.6 is 0 Å². The van der Waals surface area contributed by atoms with E-state index < -0.39 is 0 Å². The maximum Gasteiger partial charge on any atom is 0.255 e. The number of hydrogen-bond acceptors (Lipinski definition) is 3. The second kappa shape index (κ2) is 10.8. The Kier molecular flexibility index (Phi) is 6.95. The lowest BCUT2D eigenvalue weighted by Crippen LogP contribution is -2.13. The first-order valence-corrected chi connectivity index (χ1v) is 12.0. The van der Waals surface area contributed by atoms with Crippen molar-refractivity contribution in [2.45, 2.75) is 13.5 Å². The Morgan fingerprint density at radius 1 is 0.722 bits per heavy atom. The lowest BCUT2D eigenvalue weighted by molar-refractivity contribution is 0.102. The summed E-state index contributed by atoms with van der Waals surface area (Å²) in [5.41, 5.74) is 4.43. The summed E-state index contributed by atoms with van der Waals surface area (Å²) in [6.45, 7) is 2.75. The van der Waals surface area contributed by atoms with E-state index in [0.29, 0.717) is 17.9 Å². The first-order valence-electron chi connectivity index (χ1n) is 12.0. The highest BCUT2D eigenvalue weighted by Gasteiger charge is 2.13. The molecule has 0 saturated heterocycles. The third kappa shape index (κ3) is 5.23. The molecule has 0 unspecified atom stereocenters. The van der Waals surface area contributed by atoms with Crippen LogP contribution < -0.4 is 14.8 Å². The second-order valence-electron chi connectivity index (χ2n) is 8.42. The van der Waals surface area contributed by atoms with Crippen molar-refractivity contribution in [2.75, 3.05) is 11.9 Å². The Bertz CT molecular complexity index is 1470. The molecule has 0 aliphatic rings. The average molecular weight is 474 g/mol. The van der Waals surface area contributed by atoms with Crippen LogP contribution in [0, 0.1) is 0 Å². The number of ether oxygens (including phenoxy) is 2. The van der Waals surface area contributed by atoms with Gasteiger partial charge >= 0.3 is 0 Å². The summed E-state index contributed by atoms with van der Waals surface area (Å²) in [5.74, 6) is 1.28. The Balaban J connectivity index is 1.33. The number of rotatable bonds is 8. The predicted octanol–water partition coefficient (Wildman–Crippen LogP) is 7.74. The highest BCUT2D eigenvalue weighted by molar-refractivity contribution is 6.09. The molecule has 0 spiro atoms. The molecule has 0 radical (unpaired) electrons. The zero-order valence-electron chi connectivity index (χ0n) is 20.1. The summed E-state index contributed by atoms with van der Waals surface area (Å²) in [5, 5.41) is 5.13. The fourth-order valence-electron chi connectivity index (χ4n) is 4.19. The third-order valence-electron chi connectivity index (χ3n) is 6.02. The van der Waals surface area contributed by atoms with Crippen molar-refractivity contribution in [3.8, 4) is 22.6 Å². The van der Waals surface area contributed by atoms with Crippen molar-refractivity contribution in [3.63, 3.8) is 0 Å². The van der Waals surface area contributed by atoms with Gasteiger partial charge in [0, 0.05) is 22.2 Å². The normalized spacial score (nSPS) is 10.7. The first-order chi connectivity index (χ1) is 17.7. The molecule has 0 aromatic heterocycles. The Morgan fingerprint density at radius 3 is 2.25 bits per heavy atom. The molecule has 5 aromatic rings. The van der Waals surface area contributed by atoms with Gasteiger partial charge in [-0.25, -0.2) is 0 Å². The van der Waals surface area contributed by atoms with Crippen LogP contribution in [0.3, 0.4) is 0 Å². The molecule has 0 atom stereocenters. The van der Waals surface area contributed by atoms with E-state index in [1.807, 2.05) is 104 Å². The number of carbonyl (C=O) groups excluding carboxylic acids is 1. The SMILES string of the molecule is CCOc1ccc(C(=O)Nc2cccc3ccccc23)cc1COc1ccc(-c2ccccc2)cc1. The average Bonchev–Trinajstić information content (AvgIpc) is 2.93. The van der Waals surface area contributed by atoms with Gasteiger partial charge in [-0.2, -0.15) is 0 Å². The van der Waals surface area contributed by atoms with Gasteiger partial charge < -0.3 is 14.8 Å². The number of fused-ring (bicyclic) bond motifs is 1. The lowest BCUT2D eigenvalue weighted by Gasteiger charge is -2.14. The minimum Gasteiger partial charge on any atom is -0.493 e. The lowest BCUT2D eigenvalue weighted by atomic mass is 10.1. The molecule has 0 aliphatic heterocycles. The second-order valence-corrected chi connectivity index (χ2v) is 8.42. The molecule has 0 saturated carbocycles. The van der Waals surface area contributed by atoms with Gasteiger partial charge in [0.25, 0.3) is 5.91 Å². The maximum atomic E-state index is 13.1. The molecule has 0 fully saturated rings. The number of carbonyl (C=O) groups is 1. The zero-order chi connectivity index (χ0) is 24.7. The van der Waals surface area contributed by atoms with Crippen LogP contribution in [0.15, 0.2) is 115 Å². The van der Waals surface area contributed by atoms with Gasteiger partial charge in [-0.1, -0.05) is 78.9 Å². The molecule has 5 aromatic carbocycles. The van der Waals surface area contributed by atoms with Crippen LogP contribution in [-0.4, -0.2) is 12.5 Å².